The normalized spacial score (nSPS) is 21.3. The van der Waals surface area contributed by atoms with E-state index in [1.54, 1.807) is 18.9 Å². The summed E-state index contributed by atoms with van der Waals surface area (Å²) in [6.07, 6.45) is 1.18. The number of halogens is 1. The molecular formula is C12H14BrN3O5. The van der Waals surface area contributed by atoms with E-state index in [0.717, 1.165) is 0 Å². The van der Waals surface area contributed by atoms with Gasteiger partial charge in [0.2, 0.25) is 0 Å². The number of anilines is 1. The van der Waals surface area contributed by atoms with E-state index >= 15 is 0 Å². The van der Waals surface area contributed by atoms with Crippen molar-refractivity contribution < 1.29 is 19.6 Å². The molecule has 0 bridgehead atoms. The topological polar surface area (TPSA) is 106 Å². The first-order chi connectivity index (χ1) is 9.84. The van der Waals surface area contributed by atoms with Gasteiger partial charge in [0.25, 0.3) is 5.69 Å². The van der Waals surface area contributed by atoms with E-state index < -0.39 is 16.8 Å². The van der Waals surface area contributed by atoms with Crippen molar-refractivity contribution in [2.75, 3.05) is 25.2 Å². The van der Waals surface area contributed by atoms with Gasteiger partial charge in [0.05, 0.1) is 28.7 Å². The molecule has 1 aliphatic heterocycles. The van der Waals surface area contributed by atoms with Gasteiger partial charge in [-0.3, -0.25) is 14.9 Å². The zero-order valence-electron chi connectivity index (χ0n) is 11.4. The summed E-state index contributed by atoms with van der Waals surface area (Å²) < 4.78 is 5.71. The fraction of sp³-hybridized carbons (Fsp3) is 0.500. The standard InChI is InChI=1S/C12H14BrN3O5/c1-6-8(16(19)20)3-14-11(10(6)13)15(2)9-5-21-4-7(9)12(17)18/h3,7,9H,4-5H2,1-2H3,(H,17,18). The molecule has 2 unspecified atom stereocenters. The van der Waals surface area contributed by atoms with Gasteiger partial charge in [-0.25, -0.2) is 4.98 Å². The maximum Gasteiger partial charge on any atom is 0.311 e. The number of nitrogens with zero attached hydrogens (tertiary/aromatic N) is 3. The second kappa shape index (κ2) is 5.94. The van der Waals surface area contributed by atoms with Crippen LogP contribution in [0.25, 0.3) is 0 Å². The molecule has 1 N–H and O–H groups in total. The Labute approximate surface area is 129 Å². The molecule has 0 saturated carbocycles. The third-order valence-corrected chi connectivity index (χ3v) is 4.56. The number of hydrogen-bond acceptors (Lipinski definition) is 6. The lowest BCUT2D eigenvalue weighted by atomic mass is 10.0. The lowest BCUT2D eigenvalue weighted by Crippen LogP contribution is -2.41. The van der Waals surface area contributed by atoms with Gasteiger partial charge in [-0.15, -0.1) is 0 Å². The van der Waals surface area contributed by atoms with Gasteiger partial charge in [0.1, 0.15) is 17.9 Å². The molecule has 0 aromatic carbocycles. The summed E-state index contributed by atoms with van der Waals surface area (Å²) in [5.74, 6) is -1.13. The predicted octanol–water partition coefficient (Wildman–Crippen LogP) is 1.60. The molecule has 21 heavy (non-hydrogen) atoms. The van der Waals surface area contributed by atoms with Crippen molar-refractivity contribution in [1.29, 1.82) is 0 Å². The Morgan fingerprint density at radius 3 is 2.86 bits per heavy atom. The summed E-state index contributed by atoms with van der Waals surface area (Å²) in [7, 11) is 1.70. The Balaban J connectivity index is 2.36. The van der Waals surface area contributed by atoms with Gasteiger partial charge in [-0.2, -0.15) is 0 Å². The number of nitro groups is 1. The molecule has 1 aromatic heterocycles. The third kappa shape index (κ3) is 2.84. The molecule has 0 spiro atoms. The molecule has 1 saturated heterocycles. The van der Waals surface area contributed by atoms with Gasteiger partial charge >= 0.3 is 5.97 Å². The first-order valence-electron chi connectivity index (χ1n) is 6.17. The van der Waals surface area contributed by atoms with Crippen molar-refractivity contribution in [1.82, 2.24) is 4.98 Å². The Morgan fingerprint density at radius 2 is 2.29 bits per heavy atom. The first kappa shape index (κ1) is 15.6. The third-order valence-electron chi connectivity index (χ3n) is 3.61. The Kier molecular flexibility index (Phi) is 4.43. The van der Waals surface area contributed by atoms with Crippen LogP contribution >= 0.6 is 15.9 Å². The van der Waals surface area contributed by atoms with Gasteiger partial charge < -0.3 is 14.7 Å². The van der Waals surface area contributed by atoms with Crippen molar-refractivity contribution in [3.05, 3.63) is 26.3 Å². The number of carboxylic acid groups (broad SMARTS) is 1. The van der Waals surface area contributed by atoms with Crippen LogP contribution in [-0.4, -0.2) is 47.3 Å². The molecule has 9 heteroatoms. The second-order valence-electron chi connectivity index (χ2n) is 4.82. The van der Waals surface area contributed by atoms with E-state index in [0.29, 0.717) is 15.9 Å². The molecular weight excluding hydrogens is 346 g/mol. The summed E-state index contributed by atoms with van der Waals surface area (Å²) >= 11 is 3.31. The number of hydrogen-bond donors (Lipinski definition) is 1. The van der Waals surface area contributed by atoms with Crippen LogP contribution in [0.15, 0.2) is 10.7 Å². The van der Waals surface area contributed by atoms with E-state index in [4.69, 9.17) is 4.74 Å². The molecule has 1 aliphatic rings. The fourth-order valence-corrected chi connectivity index (χ4v) is 2.89. The number of aromatic nitrogens is 1. The van der Waals surface area contributed by atoms with Gasteiger partial charge in [-0.1, -0.05) is 0 Å². The maximum atomic E-state index is 11.2. The van der Waals surface area contributed by atoms with Gasteiger partial charge in [-0.05, 0) is 22.9 Å². The lowest BCUT2D eigenvalue weighted by Gasteiger charge is -2.28. The number of pyridine rings is 1. The van der Waals surface area contributed by atoms with Crippen molar-refractivity contribution in [2.45, 2.75) is 13.0 Å². The van der Waals surface area contributed by atoms with Crippen LogP contribution in [0.4, 0.5) is 11.5 Å². The van der Waals surface area contributed by atoms with E-state index in [1.807, 2.05) is 0 Å². The highest BCUT2D eigenvalue weighted by molar-refractivity contribution is 9.10. The number of rotatable bonds is 4. The minimum Gasteiger partial charge on any atom is -0.481 e. The Morgan fingerprint density at radius 1 is 1.62 bits per heavy atom. The SMILES string of the molecule is Cc1c([N+](=O)[O-])cnc(N(C)C2COCC2C(=O)O)c1Br. The van der Waals surface area contributed by atoms with Crippen molar-refractivity contribution >= 4 is 33.4 Å². The summed E-state index contributed by atoms with van der Waals surface area (Å²) in [5.41, 5.74) is 0.360. The quantitative estimate of drug-likeness (QED) is 0.642. The van der Waals surface area contributed by atoms with Crippen LogP contribution < -0.4 is 4.90 Å². The fourth-order valence-electron chi connectivity index (χ4n) is 2.30. The summed E-state index contributed by atoms with van der Waals surface area (Å²) in [4.78, 5) is 27.4. The van der Waals surface area contributed by atoms with Crippen molar-refractivity contribution in [3.63, 3.8) is 0 Å². The van der Waals surface area contributed by atoms with Crippen LogP contribution in [0.5, 0.6) is 0 Å². The van der Waals surface area contributed by atoms with E-state index in [9.17, 15) is 20.0 Å². The van der Waals surface area contributed by atoms with Crippen LogP contribution in [-0.2, 0) is 9.53 Å². The zero-order chi connectivity index (χ0) is 15.7. The second-order valence-corrected chi connectivity index (χ2v) is 5.62. The summed E-state index contributed by atoms with van der Waals surface area (Å²) in [5, 5.41) is 20.1. The highest BCUT2D eigenvalue weighted by atomic mass is 79.9. The Bertz CT molecular complexity index is 595. The van der Waals surface area contributed by atoms with Crippen molar-refractivity contribution in [2.24, 2.45) is 5.92 Å². The number of ether oxygens (including phenoxy) is 1. The molecule has 1 fully saturated rings. The summed E-state index contributed by atoms with van der Waals surface area (Å²) in [6.45, 7) is 2.03. The Hall–Kier alpha value is -1.74. The number of likely N-dealkylation sites (N-methyl/N-ethyl adjacent to an activating group) is 1. The van der Waals surface area contributed by atoms with Crippen LogP contribution in [0, 0.1) is 23.0 Å². The number of carbonyl (C=O) groups is 1. The van der Waals surface area contributed by atoms with Crippen LogP contribution in [0.2, 0.25) is 0 Å². The molecule has 0 aliphatic carbocycles. The molecule has 2 atom stereocenters. The average Bonchev–Trinajstić information content (AvgIpc) is 2.90. The molecule has 114 valence electrons. The number of carboxylic acids is 1. The minimum absolute atomic E-state index is 0.0866. The molecule has 2 rings (SSSR count). The summed E-state index contributed by atoms with van der Waals surface area (Å²) in [6, 6.07) is -0.368. The molecule has 0 amide bonds. The minimum atomic E-state index is -0.931. The smallest absolute Gasteiger partial charge is 0.311 e. The number of aliphatic carboxylic acids is 1. The maximum absolute atomic E-state index is 11.2. The van der Waals surface area contributed by atoms with Crippen LogP contribution in [0.1, 0.15) is 5.56 Å². The first-order valence-corrected chi connectivity index (χ1v) is 6.96. The molecule has 8 nitrogen and oxygen atoms in total. The van der Waals surface area contributed by atoms with Crippen molar-refractivity contribution in [3.8, 4) is 0 Å². The van der Waals surface area contributed by atoms with E-state index in [2.05, 4.69) is 20.9 Å². The predicted molar refractivity (Wildman–Crippen MR) is 77.5 cm³/mol. The monoisotopic (exact) mass is 359 g/mol. The zero-order valence-corrected chi connectivity index (χ0v) is 13.0. The van der Waals surface area contributed by atoms with E-state index in [-0.39, 0.29) is 24.9 Å². The molecule has 1 aromatic rings. The largest absolute Gasteiger partial charge is 0.481 e. The van der Waals surface area contributed by atoms with Crippen LogP contribution in [0.3, 0.4) is 0 Å². The highest BCUT2D eigenvalue weighted by Crippen LogP contribution is 2.34. The molecule has 0 radical (unpaired) electrons. The highest BCUT2D eigenvalue weighted by Gasteiger charge is 2.38. The van der Waals surface area contributed by atoms with Gasteiger partial charge in [0.15, 0.2) is 0 Å². The average molecular weight is 360 g/mol. The molecule has 2 heterocycles. The van der Waals surface area contributed by atoms with E-state index in [1.165, 1.54) is 6.20 Å². The lowest BCUT2D eigenvalue weighted by molar-refractivity contribution is -0.385. The van der Waals surface area contributed by atoms with Gasteiger partial charge in [0, 0.05) is 12.6 Å².